The lowest BCUT2D eigenvalue weighted by atomic mass is 9.87. The van der Waals surface area contributed by atoms with Crippen molar-refractivity contribution < 1.29 is 9.53 Å². The zero-order chi connectivity index (χ0) is 25.6. The molecule has 2 aromatic rings. The Bertz CT molecular complexity index is 1170. The van der Waals surface area contributed by atoms with E-state index < -0.39 is 0 Å². The minimum Gasteiger partial charge on any atom is -0.379 e. The van der Waals surface area contributed by atoms with E-state index in [1.165, 1.54) is 35.6 Å². The number of ether oxygens (including phenoxy) is 1. The predicted octanol–water partition coefficient (Wildman–Crippen LogP) is 4.03. The van der Waals surface area contributed by atoms with Crippen molar-refractivity contribution in [2.75, 3.05) is 38.2 Å². The molecule has 8 heteroatoms. The first-order valence-corrected chi connectivity index (χ1v) is 14.3. The van der Waals surface area contributed by atoms with Crippen molar-refractivity contribution in [1.82, 2.24) is 14.8 Å². The Morgan fingerprint density at radius 3 is 2.50 bits per heavy atom. The molecule has 0 unspecified atom stereocenters. The van der Waals surface area contributed by atoms with Gasteiger partial charge in [-0.3, -0.25) is 14.5 Å². The zero-order valence-corrected chi connectivity index (χ0v) is 23.2. The third kappa shape index (κ3) is 4.63. The maximum absolute atomic E-state index is 13.6. The summed E-state index contributed by atoms with van der Waals surface area (Å²) < 4.78 is 5.46. The molecule has 4 heterocycles. The van der Waals surface area contributed by atoms with Gasteiger partial charge >= 0.3 is 0 Å². The number of aromatic nitrogens is 1. The number of carbonyl (C=O) groups is 1. The van der Waals surface area contributed by atoms with Gasteiger partial charge in [-0.05, 0) is 70.6 Å². The first kappa shape index (κ1) is 25.5. The summed E-state index contributed by atoms with van der Waals surface area (Å²) in [6.07, 6.45) is 6.14. The Labute approximate surface area is 218 Å². The van der Waals surface area contributed by atoms with Gasteiger partial charge in [-0.1, -0.05) is 0 Å². The van der Waals surface area contributed by atoms with Crippen LogP contribution in [0.25, 0.3) is 0 Å². The number of H-pyrrole nitrogens is 1. The van der Waals surface area contributed by atoms with Gasteiger partial charge in [0, 0.05) is 67.9 Å². The van der Waals surface area contributed by atoms with Gasteiger partial charge in [0.1, 0.15) is 0 Å². The first-order valence-electron chi connectivity index (χ1n) is 13.4. The van der Waals surface area contributed by atoms with Crippen molar-refractivity contribution in [2.45, 2.75) is 84.5 Å². The van der Waals surface area contributed by atoms with Crippen molar-refractivity contribution in [1.29, 1.82) is 0 Å². The lowest BCUT2D eigenvalue weighted by Crippen LogP contribution is -2.57. The highest BCUT2D eigenvalue weighted by Gasteiger charge is 2.37. The summed E-state index contributed by atoms with van der Waals surface area (Å²) in [5, 5.41) is 1.27. The standard InChI is InChI=1S/C28H40N4O3S/c1-6-32(21-9-7-20(8-10-21)31-14-22(15-31)35-5)28-19(4)25-24(36-28)11-12-30(27(25)34)16-23-17(2)13-18(3)29-26(23)33/h13,20-22H,6-12,14-16H2,1-5H3,(H,29,33)/t20-,21-. The van der Waals surface area contributed by atoms with Crippen LogP contribution >= 0.6 is 11.3 Å². The molecule has 0 bridgehead atoms. The Morgan fingerprint density at radius 1 is 1.14 bits per heavy atom. The van der Waals surface area contributed by atoms with Gasteiger partial charge in [-0.2, -0.15) is 0 Å². The fourth-order valence-electron chi connectivity index (χ4n) is 6.43. The average Bonchev–Trinajstić information content (AvgIpc) is 3.15. The lowest BCUT2D eigenvalue weighted by Gasteiger charge is -2.47. The van der Waals surface area contributed by atoms with E-state index in [-0.39, 0.29) is 11.5 Å². The molecule has 1 N–H and O–H groups in total. The monoisotopic (exact) mass is 512 g/mol. The number of aryl methyl sites for hydroxylation is 2. The number of hydrogen-bond donors (Lipinski definition) is 1. The van der Waals surface area contributed by atoms with Crippen molar-refractivity contribution in [3.05, 3.63) is 49.2 Å². The summed E-state index contributed by atoms with van der Waals surface area (Å²) in [5.41, 5.74) is 4.40. The van der Waals surface area contributed by atoms with E-state index in [1.807, 2.05) is 43.3 Å². The number of likely N-dealkylation sites (tertiary alicyclic amines) is 1. The summed E-state index contributed by atoms with van der Waals surface area (Å²) in [4.78, 5) is 37.3. The quantitative estimate of drug-likeness (QED) is 0.607. The molecule has 0 aromatic carbocycles. The van der Waals surface area contributed by atoms with Gasteiger partial charge in [0.05, 0.1) is 23.2 Å². The largest absolute Gasteiger partial charge is 0.379 e. The number of hydrogen-bond acceptors (Lipinski definition) is 6. The molecule has 2 aromatic heterocycles. The molecule has 0 radical (unpaired) electrons. The fraction of sp³-hybridized carbons (Fsp3) is 0.643. The van der Waals surface area contributed by atoms with Crippen molar-refractivity contribution >= 4 is 22.2 Å². The second-order valence-electron chi connectivity index (χ2n) is 10.8. The number of aromatic amines is 1. The van der Waals surface area contributed by atoms with Crippen LogP contribution in [0.3, 0.4) is 0 Å². The number of fused-ring (bicyclic) bond motifs is 1. The topological polar surface area (TPSA) is 68.9 Å². The molecular weight excluding hydrogens is 472 g/mol. The smallest absolute Gasteiger partial charge is 0.255 e. The number of nitrogens with one attached hydrogen (secondary N) is 1. The zero-order valence-electron chi connectivity index (χ0n) is 22.4. The Balaban J connectivity index is 1.30. The summed E-state index contributed by atoms with van der Waals surface area (Å²) in [7, 11) is 1.81. The Hall–Kier alpha value is -2.16. The first-order chi connectivity index (χ1) is 17.3. The number of methoxy groups -OCH3 is 1. The minimum atomic E-state index is -0.0856. The van der Waals surface area contributed by atoms with Gasteiger partial charge in [0.2, 0.25) is 0 Å². The third-order valence-corrected chi connectivity index (χ3v) is 9.97. The van der Waals surface area contributed by atoms with Crippen LogP contribution in [0.1, 0.15) is 70.2 Å². The molecule has 1 saturated heterocycles. The molecule has 1 aliphatic carbocycles. The van der Waals surface area contributed by atoms with E-state index in [4.69, 9.17) is 4.74 Å². The summed E-state index contributed by atoms with van der Waals surface area (Å²) in [5.74, 6) is 0.0702. The second-order valence-corrected chi connectivity index (χ2v) is 11.9. The van der Waals surface area contributed by atoms with Gasteiger partial charge in [-0.15, -0.1) is 11.3 Å². The van der Waals surface area contributed by atoms with Crippen LogP contribution in [0.15, 0.2) is 10.9 Å². The van der Waals surface area contributed by atoms with Gasteiger partial charge in [0.25, 0.3) is 11.5 Å². The highest BCUT2D eigenvalue weighted by atomic mass is 32.1. The molecule has 1 saturated carbocycles. The molecular formula is C28H40N4O3S. The fourth-order valence-corrected chi connectivity index (χ4v) is 7.85. The molecule has 3 aliphatic rings. The molecule has 0 spiro atoms. The van der Waals surface area contributed by atoms with E-state index >= 15 is 0 Å². The number of amides is 1. The number of thiophene rings is 1. The van der Waals surface area contributed by atoms with Crippen molar-refractivity contribution in [3.8, 4) is 0 Å². The lowest BCUT2D eigenvalue weighted by molar-refractivity contribution is -0.0578. The van der Waals surface area contributed by atoms with Gasteiger partial charge < -0.3 is 19.5 Å². The van der Waals surface area contributed by atoms with Crippen molar-refractivity contribution in [2.24, 2.45) is 0 Å². The third-order valence-electron chi connectivity index (χ3n) is 8.58. The van der Waals surface area contributed by atoms with Crippen LogP contribution in [0.5, 0.6) is 0 Å². The SMILES string of the molecule is CCN(c1sc2c(c1C)C(=O)N(Cc1c(C)cc(C)[nH]c1=O)CC2)[C@H]1CC[C@H](N2CC(OC)C2)CC1. The number of anilines is 1. The molecule has 0 atom stereocenters. The average molecular weight is 513 g/mol. The second kappa shape index (κ2) is 10.3. The maximum atomic E-state index is 13.6. The molecule has 2 fully saturated rings. The summed E-state index contributed by atoms with van der Waals surface area (Å²) in [6.45, 7) is 12.3. The Morgan fingerprint density at radius 2 is 1.86 bits per heavy atom. The number of nitrogens with zero attached hydrogens (tertiary/aromatic N) is 3. The van der Waals surface area contributed by atoms with Crippen LogP contribution in [0.2, 0.25) is 0 Å². The summed E-state index contributed by atoms with van der Waals surface area (Å²) in [6, 6.07) is 3.20. The molecule has 1 amide bonds. The van der Waals surface area contributed by atoms with E-state index in [0.717, 1.165) is 48.4 Å². The predicted molar refractivity (Wildman–Crippen MR) is 145 cm³/mol. The van der Waals surface area contributed by atoms with Crippen molar-refractivity contribution in [3.63, 3.8) is 0 Å². The van der Waals surface area contributed by atoms with Crippen LogP contribution < -0.4 is 10.5 Å². The van der Waals surface area contributed by atoms with Crippen LogP contribution in [0.4, 0.5) is 5.00 Å². The van der Waals surface area contributed by atoms with Crippen LogP contribution in [-0.2, 0) is 17.7 Å². The number of rotatable bonds is 7. The van der Waals surface area contributed by atoms with Gasteiger partial charge in [-0.25, -0.2) is 0 Å². The molecule has 196 valence electrons. The number of carbonyl (C=O) groups excluding carboxylic acids is 1. The Kier molecular flexibility index (Phi) is 7.30. The van der Waals surface area contributed by atoms with E-state index in [9.17, 15) is 9.59 Å². The maximum Gasteiger partial charge on any atom is 0.255 e. The van der Waals surface area contributed by atoms with E-state index in [0.29, 0.717) is 36.8 Å². The van der Waals surface area contributed by atoms with Gasteiger partial charge in [0.15, 0.2) is 0 Å². The number of pyridine rings is 1. The molecule has 5 rings (SSSR count). The molecule has 7 nitrogen and oxygen atoms in total. The molecule has 2 aliphatic heterocycles. The highest BCUT2D eigenvalue weighted by molar-refractivity contribution is 7.16. The van der Waals surface area contributed by atoms with E-state index in [1.54, 1.807) is 0 Å². The minimum absolute atomic E-state index is 0.0702. The van der Waals surface area contributed by atoms with Crippen LogP contribution in [0, 0.1) is 20.8 Å². The van der Waals surface area contributed by atoms with E-state index in [2.05, 4.69) is 28.6 Å². The molecule has 36 heavy (non-hydrogen) atoms. The summed E-state index contributed by atoms with van der Waals surface area (Å²) >= 11 is 1.82. The van der Waals surface area contributed by atoms with Crippen LogP contribution in [-0.4, -0.2) is 72.2 Å². The highest BCUT2D eigenvalue weighted by Crippen LogP contribution is 2.42. The normalized spacial score (nSPS) is 23.0.